The van der Waals surface area contributed by atoms with E-state index in [2.05, 4.69) is 13.2 Å². The van der Waals surface area contributed by atoms with Crippen molar-refractivity contribution in [2.45, 2.75) is 46.0 Å². The Morgan fingerprint density at radius 1 is 0.917 bits per heavy atom. The summed E-state index contributed by atoms with van der Waals surface area (Å²) in [6.45, 7) is 11.4. The minimum atomic E-state index is -1.09. The van der Waals surface area contributed by atoms with Gasteiger partial charge < -0.3 is 24.1 Å². The highest BCUT2D eigenvalue weighted by Gasteiger charge is 2.49. The lowest BCUT2D eigenvalue weighted by atomic mass is 9.66. The van der Waals surface area contributed by atoms with Gasteiger partial charge in [0.15, 0.2) is 25.2 Å². The van der Waals surface area contributed by atoms with E-state index in [1.54, 1.807) is 19.2 Å². The molecular weight excluding hydrogens is 460 g/mol. The topological polar surface area (TPSA) is 91.3 Å². The Morgan fingerprint density at radius 3 is 1.97 bits per heavy atom. The van der Waals surface area contributed by atoms with E-state index in [1.165, 1.54) is 13.2 Å². The van der Waals surface area contributed by atoms with E-state index in [0.29, 0.717) is 42.8 Å². The van der Waals surface area contributed by atoms with E-state index in [1.807, 2.05) is 26.0 Å². The molecule has 1 aromatic carbocycles. The molecule has 1 aromatic rings. The second-order valence-electron chi connectivity index (χ2n) is 9.26. The maximum atomic E-state index is 14.2. The molecule has 0 bridgehead atoms. The molecule has 0 spiro atoms. The number of allylic oxidation sites excluding steroid dienone is 5. The lowest BCUT2D eigenvalue weighted by Gasteiger charge is -2.38. The van der Waals surface area contributed by atoms with Gasteiger partial charge >= 0.3 is 0 Å². The van der Waals surface area contributed by atoms with E-state index < -0.39 is 17.8 Å². The van der Waals surface area contributed by atoms with Crippen LogP contribution in [0.15, 0.2) is 71.6 Å². The molecule has 0 fully saturated rings. The highest BCUT2D eigenvalue weighted by molar-refractivity contribution is 6.29. The molecule has 36 heavy (non-hydrogen) atoms. The van der Waals surface area contributed by atoms with Gasteiger partial charge in [0.1, 0.15) is 11.5 Å². The van der Waals surface area contributed by atoms with Crippen LogP contribution >= 0.6 is 0 Å². The Morgan fingerprint density at radius 2 is 1.47 bits per heavy atom. The van der Waals surface area contributed by atoms with Crippen molar-refractivity contribution in [2.24, 2.45) is 5.41 Å². The second kappa shape index (κ2) is 13.9. The Kier molecular flexibility index (Phi) is 11.3. The van der Waals surface area contributed by atoms with Gasteiger partial charge in [-0.2, -0.15) is 0 Å². The summed E-state index contributed by atoms with van der Waals surface area (Å²) < 4.78 is 21.2. The Hall–Kier alpha value is -3.00. The van der Waals surface area contributed by atoms with Gasteiger partial charge in [-0.25, -0.2) is 0 Å². The Bertz CT molecular complexity index is 997. The van der Waals surface area contributed by atoms with Crippen LogP contribution < -0.4 is 4.74 Å². The fourth-order valence-corrected chi connectivity index (χ4v) is 4.18. The zero-order chi connectivity index (χ0) is 26.7. The van der Waals surface area contributed by atoms with Crippen LogP contribution in [0.3, 0.4) is 0 Å². The number of hydrogen-bond donors (Lipinski definition) is 1. The zero-order valence-electron chi connectivity index (χ0n) is 21.9. The molecular formula is C29H38O7. The van der Waals surface area contributed by atoms with Crippen molar-refractivity contribution in [1.29, 1.82) is 0 Å². The normalized spacial score (nSPS) is 16.4. The monoisotopic (exact) mass is 498 g/mol. The van der Waals surface area contributed by atoms with Crippen molar-refractivity contribution in [3.63, 3.8) is 0 Å². The summed E-state index contributed by atoms with van der Waals surface area (Å²) in [6, 6.07) is 7.22. The molecule has 1 aliphatic rings. The van der Waals surface area contributed by atoms with Crippen LogP contribution in [0.1, 0.15) is 45.1 Å². The van der Waals surface area contributed by atoms with Gasteiger partial charge in [-0.1, -0.05) is 23.3 Å². The van der Waals surface area contributed by atoms with E-state index in [0.717, 1.165) is 16.7 Å². The smallest absolute Gasteiger partial charge is 0.192 e. The molecule has 1 aliphatic carbocycles. The molecule has 0 radical (unpaired) electrons. The summed E-state index contributed by atoms with van der Waals surface area (Å²) >= 11 is 0. The maximum absolute atomic E-state index is 14.2. The number of methoxy groups -OCH3 is 2. The number of Topliss-reactive ketones (excluding diaryl/α,β-unsaturated/α-hetero) is 1. The summed E-state index contributed by atoms with van der Waals surface area (Å²) in [7, 11) is 3.02. The summed E-state index contributed by atoms with van der Waals surface area (Å²) in [6.07, 6.45) is 3.62. The van der Waals surface area contributed by atoms with Gasteiger partial charge in [-0.15, -0.1) is 13.2 Å². The van der Waals surface area contributed by atoms with Crippen LogP contribution in [0.25, 0.3) is 0 Å². The van der Waals surface area contributed by atoms with Gasteiger partial charge in [-0.3, -0.25) is 9.59 Å². The Labute approximate surface area is 214 Å². The average Bonchev–Trinajstić information content (AvgIpc) is 2.85. The number of ketones is 2. The van der Waals surface area contributed by atoms with Gasteiger partial charge in [0.05, 0.1) is 17.6 Å². The lowest BCUT2D eigenvalue weighted by Crippen LogP contribution is -2.42. The average molecular weight is 499 g/mol. The first-order chi connectivity index (χ1) is 17.2. The highest BCUT2D eigenvalue weighted by Crippen LogP contribution is 2.46. The van der Waals surface area contributed by atoms with Gasteiger partial charge in [0, 0.05) is 20.3 Å². The lowest BCUT2D eigenvalue weighted by molar-refractivity contribution is -0.131. The predicted octanol–water partition coefficient (Wildman–Crippen LogP) is 4.86. The van der Waals surface area contributed by atoms with Crippen LogP contribution in [0.4, 0.5) is 0 Å². The number of benzene rings is 1. The third-order valence-electron chi connectivity index (χ3n) is 6.16. The molecule has 7 nitrogen and oxygen atoms in total. The summed E-state index contributed by atoms with van der Waals surface area (Å²) in [5.41, 5.74) is 1.97. The molecule has 0 aliphatic heterocycles. The summed E-state index contributed by atoms with van der Waals surface area (Å²) in [5, 5.41) is 10.3. The number of carbonyl (C=O) groups excluding carboxylic acids is 2. The fraction of sp³-hybridized carbons (Fsp3) is 0.448. The van der Waals surface area contributed by atoms with E-state index in [4.69, 9.17) is 18.9 Å². The van der Waals surface area contributed by atoms with Crippen LogP contribution in [-0.2, 0) is 30.2 Å². The van der Waals surface area contributed by atoms with E-state index in [-0.39, 0.29) is 31.4 Å². The molecule has 0 saturated carbocycles. The minimum absolute atomic E-state index is 0.0189. The number of hydrogen-bond acceptors (Lipinski definition) is 7. The molecule has 0 heterocycles. The molecule has 0 atom stereocenters. The van der Waals surface area contributed by atoms with Crippen molar-refractivity contribution in [1.82, 2.24) is 0 Å². The van der Waals surface area contributed by atoms with Gasteiger partial charge in [0.2, 0.25) is 0 Å². The SMILES string of the molecule is C=C(C)CCC1(CCC(=C)C)C(=O)C(=C(CO)Cc2ccc(OCOC)cc2)C(=O)C=C1OCOC. The van der Waals surface area contributed by atoms with Crippen LogP contribution in [0.2, 0.25) is 0 Å². The number of aliphatic hydroxyl groups excluding tert-OH is 1. The van der Waals surface area contributed by atoms with Crippen LogP contribution in [-0.4, -0.2) is 51.1 Å². The first-order valence-corrected chi connectivity index (χ1v) is 11.9. The Balaban J connectivity index is 2.55. The summed E-state index contributed by atoms with van der Waals surface area (Å²) in [4.78, 5) is 27.4. The van der Waals surface area contributed by atoms with Crippen molar-refractivity contribution in [3.8, 4) is 5.75 Å². The van der Waals surface area contributed by atoms with Crippen molar-refractivity contribution in [2.75, 3.05) is 34.4 Å². The van der Waals surface area contributed by atoms with Gasteiger partial charge in [0.25, 0.3) is 0 Å². The summed E-state index contributed by atoms with van der Waals surface area (Å²) in [5.74, 6) is 0.108. The number of aliphatic hydroxyl groups is 1. The standard InChI is InChI=1S/C29H38O7/c1-20(2)11-13-29(14-12-21(3)4)26(36-19-34-6)16-25(31)27(28(29)32)23(17-30)15-22-7-9-24(10-8-22)35-18-33-5/h7-10,16,30H,1,3,11-15,17-19H2,2,4-6H3. The fourth-order valence-electron chi connectivity index (χ4n) is 4.18. The third-order valence-corrected chi connectivity index (χ3v) is 6.16. The number of carbonyl (C=O) groups is 2. The molecule has 0 amide bonds. The van der Waals surface area contributed by atoms with E-state index >= 15 is 0 Å². The van der Waals surface area contributed by atoms with E-state index in [9.17, 15) is 14.7 Å². The van der Waals surface area contributed by atoms with Crippen LogP contribution in [0.5, 0.6) is 5.75 Å². The molecule has 2 rings (SSSR count). The number of ether oxygens (including phenoxy) is 4. The molecule has 0 unspecified atom stereocenters. The molecule has 1 N–H and O–H groups in total. The van der Waals surface area contributed by atoms with Crippen molar-refractivity contribution >= 4 is 11.6 Å². The first kappa shape index (κ1) is 29.2. The molecule has 7 heteroatoms. The third kappa shape index (κ3) is 7.50. The minimum Gasteiger partial charge on any atom is -0.471 e. The van der Waals surface area contributed by atoms with Crippen molar-refractivity contribution in [3.05, 3.63) is 77.1 Å². The largest absolute Gasteiger partial charge is 0.471 e. The van der Waals surface area contributed by atoms with Gasteiger partial charge in [-0.05, 0) is 69.2 Å². The highest BCUT2D eigenvalue weighted by atomic mass is 16.7. The molecule has 0 aromatic heterocycles. The maximum Gasteiger partial charge on any atom is 0.192 e. The predicted molar refractivity (Wildman–Crippen MR) is 138 cm³/mol. The zero-order valence-corrected chi connectivity index (χ0v) is 21.9. The quantitative estimate of drug-likeness (QED) is 0.160. The molecule has 196 valence electrons. The van der Waals surface area contributed by atoms with Crippen LogP contribution in [0, 0.1) is 5.41 Å². The van der Waals surface area contributed by atoms with Crippen molar-refractivity contribution < 1.29 is 33.6 Å². The number of rotatable bonds is 15. The molecule has 0 saturated heterocycles. The first-order valence-electron chi connectivity index (χ1n) is 11.9. The second-order valence-corrected chi connectivity index (χ2v) is 9.26.